The van der Waals surface area contributed by atoms with Crippen LogP contribution < -0.4 is 0 Å². The van der Waals surface area contributed by atoms with E-state index in [1.165, 1.54) is 0 Å². The van der Waals surface area contributed by atoms with Crippen LogP contribution in [0.1, 0.15) is 20.7 Å². The predicted octanol–water partition coefficient (Wildman–Crippen LogP) is 8.64. The van der Waals surface area contributed by atoms with Crippen LogP contribution in [0.25, 0.3) is 0 Å². The third kappa shape index (κ3) is 7.09. The molecule has 0 amide bonds. The molecular weight excluding hydrogens is 983 g/mol. The van der Waals surface area contributed by atoms with E-state index in [1.54, 1.807) is 0 Å². The molecule has 4 nitrogen and oxygen atoms in total. The highest BCUT2D eigenvalue weighted by Crippen LogP contribution is 2.45. The van der Waals surface area contributed by atoms with Gasteiger partial charge in [0.2, 0.25) is 0 Å². The first-order chi connectivity index (χ1) is 10.7. The molecule has 0 spiro atoms. The van der Waals surface area contributed by atoms with Gasteiger partial charge in [0.15, 0.2) is 0 Å². The fourth-order valence-corrected chi connectivity index (χ4v) is 4.65. The van der Waals surface area contributed by atoms with Gasteiger partial charge < -0.3 is 9.47 Å². The van der Waals surface area contributed by atoms with Crippen LogP contribution in [0.4, 0.5) is 0 Å². The SMILES string of the molecule is O=C(OC(Br)(Br)Br)c1c(Br)c(Br)c(Br)c(Br)c1C(=O)OC(Br)(Br)Br. The standard InChI is InChI=1S/C10Br10O4/c11-3-1(7(21)23-9(15,16)17)2(4(12)6(14)5(3)13)8(22)24-10(18,19)20. The van der Waals surface area contributed by atoms with E-state index in [2.05, 4.69) is 159 Å². The van der Waals surface area contributed by atoms with Gasteiger partial charge in [-0.05, 0) is 159 Å². The third-order valence-electron chi connectivity index (χ3n) is 2.09. The zero-order valence-electron chi connectivity index (χ0n) is 10.4. The van der Waals surface area contributed by atoms with Crippen molar-refractivity contribution in [1.82, 2.24) is 0 Å². The van der Waals surface area contributed by atoms with Crippen LogP contribution in [0, 0.1) is 0 Å². The minimum atomic E-state index is -1.29. The molecule has 1 rings (SSSR count). The molecule has 0 aliphatic carbocycles. The average molecular weight is 983 g/mol. The number of halogens is 10. The Kier molecular flexibility index (Phi) is 10.0. The zero-order chi connectivity index (χ0) is 19.0. The van der Waals surface area contributed by atoms with Crippen LogP contribution in [0.2, 0.25) is 0 Å². The average Bonchev–Trinajstić information content (AvgIpc) is 2.35. The lowest BCUT2D eigenvalue weighted by Gasteiger charge is -2.20. The summed E-state index contributed by atoms with van der Waals surface area (Å²) in [6.45, 7) is 0. The molecule has 0 N–H and O–H groups in total. The van der Waals surface area contributed by atoms with E-state index in [4.69, 9.17) is 9.47 Å². The molecule has 0 saturated carbocycles. The molecule has 0 bridgehead atoms. The van der Waals surface area contributed by atoms with Crippen LogP contribution in [0.15, 0.2) is 17.9 Å². The second kappa shape index (κ2) is 9.64. The molecule has 14 heteroatoms. The first-order valence-electron chi connectivity index (χ1n) is 5.11. The van der Waals surface area contributed by atoms with E-state index in [-0.39, 0.29) is 11.1 Å². The summed E-state index contributed by atoms with van der Waals surface area (Å²) in [6, 6.07) is 0. The van der Waals surface area contributed by atoms with E-state index < -0.39 is 16.6 Å². The van der Waals surface area contributed by atoms with Gasteiger partial charge in [0.25, 0.3) is 4.66 Å². The summed E-state index contributed by atoms with van der Waals surface area (Å²) in [6.07, 6.45) is 0. The Hall–Kier alpha value is 2.96. The van der Waals surface area contributed by atoms with Gasteiger partial charge in [-0.25, -0.2) is 9.59 Å². The van der Waals surface area contributed by atoms with Crippen molar-refractivity contribution in [1.29, 1.82) is 0 Å². The summed E-state index contributed by atoms with van der Waals surface area (Å²) in [7, 11) is 0. The lowest BCUT2D eigenvalue weighted by Crippen LogP contribution is -2.22. The van der Waals surface area contributed by atoms with Crippen LogP contribution in [-0.2, 0) is 9.47 Å². The molecule has 0 aromatic heterocycles. The van der Waals surface area contributed by atoms with Crippen molar-refractivity contribution in [2.75, 3.05) is 0 Å². The van der Waals surface area contributed by atoms with E-state index in [0.717, 1.165) is 0 Å². The maximum absolute atomic E-state index is 12.5. The number of rotatable bonds is 2. The van der Waals surface area contributed by atoms with Crippen molar-refractivity contribution in [3.05, 3.63) is 29.0 Å². The molecule has 0 unspecified atom stereocenters. The van der Waals surface area contributed by atoms with Gasteiger partial charge in [-0.2, -0.15) is 0 Å². The summed E-state index contributed by atoms with van der Waals surface area (Å²) >= 11 is 31.6. The van der Waals surface area contributed by atoms with E-state index in [9.17, 15) is 9.59 Å². The van der Waals surface area contributed by atoms with Gasteiger partial charge in [0.05, 0.1) is 11.1 Å². The monoisotopic (exact) mass is 973 g/mol. The lowest BCUT2D eigenvalue weighted by molar-refractivity contribution is 0.0488. The summed E-state index contributed by atoms with van der Waals surface area (Å²) in [5.41, 5.74) is -0.108. The number of benzene rings is 1. The topological polar surface area (TPSA) is 52.6 Å². The maximum Gasteiger partial charge on any atom is 0.342 e. The van der Waals surface area contributed by atoms with E-state index >= 15 is 0 Å². The van der Waals surface area contributed by atoms with Crippen LogP contribution in [0.5, 0.6) is 0 Å². The van der Waals surface area contributed by atoms with Crippen LogP contribution >= 0.6 is 159 Å². The smallest absolute Gasteiger partial charge is 0.342 e. The third-order valence-corrected chi connectivity index (χ3v) is 7.83. The molecular formula is C10Br10O4. The van der Waals surface area contributed by atoms with E-state index in [1.807, 2.05) is 0 Å². The molecule has 0 atom stereocenters. The van der Waals surface area contributed by atoms with Crippen molar-refractivity contribution in [3.8, 4) is 0 Å². The number of alkyl halides is 6. The molecule has 0 aliphatic heterocycles. The number of hydrogen-bond donors (Lipinski definition) is 0. The first-order valence-corrected chi connectivity index (χ1v) is 13.0. The molecule has 0 heterocycles. The second-order valence-corrected chi connectivity index (χ2v) is 19.9. The molecule has 0 aliphatic rings. The quantitative estimate of drug-likeness (QED) is 0.129. The molecule has 0 fully saturated rings. The molecule has 1 aromatic rings. The Morgan fingerprint density at radius 1 is 0.583 bits per heavy atom. The van der Waals surface area contributed by atoms with Crippen molar-refractivity contribution in [3.63, 3.8) is 0 Å². The Morgan fingerprint density at radius 3 is 1.04 bits per heavy atom. The van der Waals surface area contributed by atoms with Gasteiger partial charge >= 0.3 is 11.9 Å². The number of carbonyl (C=O) groups excluding carboxylic acids is 2. The fraction of sp³-hybridized carbons (Fsp3) is 0.200. The van der Waals surface area contributed by atoms with Gasteiger partial charge in [-0.1, -0.05) is 0 Å². The molecule has 1 aromatic carbocycles. The molecule has 0 radical (unpaired) electrons. The lowest BCUT2D eigenvalue weighted by atomic mass is 10.1. The number of hydrogen-bond acceptors (Lipinski definition) is 4. The van der Waals surface area contributed by atoms with Crippen molar-refractivity contribution in [2.45, 2.75) is 4.66 Å². The molecule has 24 heavy (non-hydrogen) atoms. The maximum atomic E-state index is 12.5. The normalized spacial score (nSPS) is 12.1. The Labute approximate surface area is 220 Å². The van der Waals surface area contributed by atoms with Gasteiger partial charge in [0.1, 0.15) is 0 Å². The first kappa shape index (κ1) is 25.0. The zero-order valence-corrected chi connectivity index (χ0v) is 26.3. The van der Waals surface area contributed by atoms with Gasteiger partial charge in [-0.3, -0.25) is 0 Å². The van der Waals surface area contributed by atoms with Gasteiger partial charge in [-0.15, -0.1) is 0 Å². The second-order valence-electron chi connectivity index (χ2n) is 3.68. The number of ether oxygens (including phenoxy) is 2. The van der Waals surface area contributed by atoms with Crippen LogP contribution in [0.3, 0.4) is 0 Å². The summed E-state index contributed by atoms with van der Waals surface area (Å²) in [5, 5.41) is 0. The highest BCUT2D eigenvalue weighted by Gasteiger charge is 2.35. The van der Waals surface area contributed by atoms with Crippen LogP contribution in [-0.4, -0.2) is 16.6 Å². The summed E-state index contributed by atoms with van der Waals surface area (Å²) in [5.74, 6) is -1.62. The number of carbonyl (C=O) groups is 2. The van der Waals surface area contributed by atoms with E-state index in [0.29, 0.717) is 17.9 Å². The van der Waals surface area contributed by atoms with Gasteiger partial charge in [0, 0.05) is 17.9 Å². The minimum Gasteiger partial charge on any atom is -0.423 e. The Balaban J connectivity index is 3.61. The largest absolute Gasteiger partial charge is 0.423 e. The highest BCUT2D eigenvalue weighted by molar-refractivity contribution is 9.39. The summed E-state index contributed by atoms with van der Waals surface area (Å²) < 4.78 is 9.34. The van der Waals surface area contributed by atoms with Crippen molar-refractivity contribution < 1.29 is 19.1 Å². The fourth-order valence-electron chi connectivity index (χ4n) is 1.33. The van der Waals surface area contributed by atoms with Crippen molar-refractivity contribution >= 4 is 171 Å². The van der Waals surface area contributed by atoms with Crippen molar-refractivity contribution in [2.24, 2.45) is 0 Å². The Bertz CT molecular complexity index is 632. The summed E-state index contributed by atoms with van der Waals surface area (Å²) in [4.78, 5) is 25.1. The molecule has 0 saturated heterocycles. The molecule has 134 valence electrons. The number of esters is 2. The minimum absolute atomic E-state index is 0.0542. The predicted molar refractivity (Wildman–Crippen MR) is 127 cm³/mol. The highest BCUT2D eigenvalue weighted by atomic mass is 80.0. The Morgan fingerprint density at radius 2 is 0.833 bits per heavy atom.